The summed E-state index contributed by atoms with van der Waals surface area (Å²) in [5.41, 5.74) is 0.103. The van der Waals surface area contributed by atoms with Crippen molar-refractivity contribution in [3.8, 4) is 0 Å². The first kappa shape index (κ1) is 16.7. The Labute approximate surface area is 122 Å². The molecule has 7 nitrogen and oxygen atoms in total. The smallest absolute Gasteiger partial charge is 0.289 e. The van der Waals surface area contributed by atoms with E-state index >= 15 is 0 Å². The fourth-order valence-electron chi connectivity index (χ4n) is 1.55. The summed E-state index contributed by atoms with van der Waals surface area (Å²) >= 11 is 1.49. The average Bonchev–Trinajstić information content (AvgIpc) is 2.39. The van der Waals surface area contributed by atoms with Crippen LogP contribution in [0, 0.1) is 10.1 Å². The highest BCUT2D eigenvalue weighted by molar-refractivity contribution is 7.98. The third-order valence-electron chi connectivity index (χ3n) is 2.43. The second kappa shape index (κ2) is 7.46. The van der Waals surface area contributed by atoms with Crippen LogP contribution in [0.15, 0.2) is 23.1 Å². The number of nitro groups is 1. The molecular weight excluding hydrogens is 302 g/mol. The molecule has 112 valence electrons. The molecule has 0 aliphatic carbocycles. The van der Waals surface area contributed by atoms with Crippen LogP contribution in [0.1, 0.15) is 6.92 Å². The Hall–Kier alpha value is -1.32. The second-order valence-electron chi connectivity index (χ2n) is 3.86. The first-order valence-electron chi connectivity index (χ1n) is 5.93. The predicted octanol–water partition coefficient (Wildman–Crippen LogP) is 1.67. The van der Waals surface area contributed by atoms with Gasteiger partial charge in [-0.05, 0) is 25.3 Å². The van der Waals surface area contributed by atoms with Crippen molar-refractivity contribution < 1.29 is 13.3 Å². The number of anilines is 1. The molecule has 0 aliphatic heterocycles. The standard InChI is InChI=1S/C11H17N3O4S2/c1-3-12-9-4-5-10(14(15)16)11(8-9)20(17,18)13-6-7-19-2/h4-5,8,12-13H,3,6-7H2,1-2H3. The number of benzene rings is 1. The number of nitrogens with zero attached hydrogens (tertiary/aromatic N) is 1. The van der Waals surface area contributed by atoms with Crippen LogP contribution in [-0.2, 0) is 10.0 Å². The van der Waals surface area contributed by atoms with Crippen LogP contribution < -0.4 is 10.0 Å². The number of nitro benzene ring substituents is 1. The molecule has 0 spiro atoms. The van der Waals surface area contributed by atoms with Crippen LogP contribution in [0.25, 0.3) is 0 Å². The molecule has 1 rings (SSSR count). The highest BCUT2D eigenvalue weighted by Crippen LogP contribution is 2.26. The van der Waals surface area contributed by atoms with Gasteiger partial charge in [-0.2, -0.15) is 11.8 Å². The van der Waals surface area contributed by atoms with Crippen molar-refractivity contribution >= 4 is 33.2 Å². The van der Waals surface area contributed by atoms with Gasteiger partial charge < -0.3 is 5.32 Å². The Morgan fingerprint density at radius 3 is 2.65 bits per heavy atom. The molecule has 0 heterocycles. The van der Waals surface area contributed by atoms with Crippen molar-refractivity contribution in [2.24, 2.45) is 0 Å². The van der Waals surface area contributed by atoms with E-state index in [0.29, 0.717) is 18.0 Å². The molecule has 0 saturated carbocycles. The SMILES string of the molecule is CCNc1ccc([N+](=O)[O-])c(S(=O)(=O)NCCSC)c1. The lowest BCUT2D eigenvalue weighted by atomic mass is 10.3. The molecule has 0 aromatic heterocycles. The van der Waals surface area contributed by atoms with Crippen molar-refractivity contribution in [2.45, 2.75) is 11.8 Å². The van der Waals surface area contributed by atoms with E-state index < -0.39 is 20.6 Å². The minimum Gasteiger partial charge on any atom is -0.385 e. The van der Waals surface area contributed by atoms with E-state index in [1.165, 1.54) is 30.0 Å². The Kier molecular flexibility index (Phi) is 6.24. The van der Waals surface area contributed by atoms with E-state index in [1.807, 2.05) is 13.2 Å². The van der Waals surface area contributed by atoms with Crippen molar-refractivity contribution in [1.82, 2.24) is 4.72 Å². The van der Waals surface area contributed by atoms with E-state index in [1.54, 1.807) is 0 Å². The quantitative estimate of drug-likeness (QED) is 0.429. The van der Waals surface area contributed by atoms with Gasteiger partial charge in [0.25, 0.3) is 5.69 Å². The Morgan fingerprint density at radius 1 is 1.40 bits per heavy atom. The Bertz CT molecular complexity index is 575. The van der Waals surface area contributed by atoms with E-state index in [0.717, 1.165) is 0 Å². The summed E-state index contributed by atoms with van der Waals surface area (Å²) in [6.45, 7) is 2.68. The summed E-state index contributed by atoms with van der Waals surface area (Å²) in [4.78, 5) is 9.94. The number of hydrogen-bond acceptors (Lipinski definition) is 6. The molecule has 0 atom stereocenters. The number of hydrogen-bond donors (Lipinski definition) is 2. The van der Waals surface area contributed by atoms with Gasteiger partial charge in [0.1, 0.15) is 0 Å². The molecule has 0 unspecified atom stereocenters. The van der Waals surface area contributed by atoms with Gasteiger partial charge in [-0.15, -0.1) is 0 Å². The minimum absolute atomic E-state index is 0.228. The predicted molar refractivity (Wildman–Crippen MR) is 80.8 cm³/mol. The molecule has 2 N–H and O–H groups in total. The summed E-state index contributed by atoms with van der Waals surface area (Å²) in [7, 11) is -3.89. The first-order valence-corrected chi connectivity index (χ1v) is 8.81. The molecule has 1 aromatic rings. The van der Waals surface area contributed by atoms with Gasteiger partial charge in [0, 0.05) is 30.6 Å². The molecule has 20 heavy (non-hydrogen) atoms. The molecule has 0 bridgehead atoms. The lowest BCUT2D eigenvalue weighted by Crippen LogP contribution is -2.26. The lowest BCUT2D eigenvalue weighted by molar-refractivity contribution is -0.387. The lowest BCUT2D eigenvalue weighted by Gasteiger charge is -2.09. The zero-order valence-corrected chi connectivity index (χ0v) is 12.9. The number of nitrogens with one attached hydrogen (secondary N) is 2. The highest BCUT2D eigenvalue weighted by Gasteiger charge is 2.25. The molecule has 9 heteroatoms. The van der Waals surface area contributed by atoms with Gasteiger partial charge in [-0.1, -0.05) is 0 Å². The second-order valence-corrected chi connectivity index (χ2v) is 6.58. The Balaban J connectivity index is 3.17. The minimum atomic E-state index is -3.89. The Morgan fingerprint density at radius 2 is 2.10 bits per heavy atom. The normalized spacial score (nSPS) is 11.3. The highest BCUT2D eigenvalue weighted by atomic mass is 32.2. The monoisotopic (exact) mass is 319 g/mol. The van der Waals surface area contributed by atoms with Crippen LogP contribution in [0.5, 0.6) is 0 Å². The summed E-state index contributed by atoms with van der Waals surface area (Å²) in [5, 5.41) is 13.9. The maximum absolute atomic E-state index is 12.1. The summed E-state index contributed by atoms with van der Waals surface area (Å²) < 4.78 is 26.6. The third-order valence-corrected chi connectivity index (χ3v) is 4.53. The number of sulfonamides is 1. The van der Waals surface area contributed by atoms with Crippen molar-refractivity contribution in [3.63, 3.8) is 0 Å². The average molecular weight is 319 g/mol. The molecule has 0 amide bonds. The fraction of sp³-hybridized carbons (Fsp3) is 0.455. The van der Waals surface area contributed by atoms with Crippen molar-refractivity contribution in [2.75, 3.05) is 30.4 Å². The maximum Gasteiger partial charge on any atom is 0.289 e. The van der Waals surface area contributed by atoms with Gasteiger partial charge in [-0.3, -0.25) is 10.1 Å². The molecule has 0 fully saturated rings. The topological polar surface area (TPSA) is 101 Å². The van der Waals surface area contributed by atoms with Gasteiger partial charge in [0.15, 0.2) is 4.90 Å². The van der Waals surface area contributed by atoms with E-state index in [-0.39, 0.29) is 11.4 Å². The van der Waals surface area contributed by atoms with Crippen LogP contribution in [0.4, 0.5) is 11.4 Å². The maximum atomic E-state index is 12.1. The molecule has 0 radical (unpaired) electrons. The largest absolute Gasteiger partial charge is 0.385 e. The van der Waals surface area contributed by atoms with Crippen LogP contribution >= 0.6 is 11.8 Å². The van der Waals surface area contributed by atoms with Crippen molar-refractivity contribution in [3.05, 3.63) is 28.3 Å². The van der Waals surface area contributed by atoms with E-state index in [4.69, 9.17) is 0 Å². The van der Waals surface area contributed by atoms with Gasteiger partial charge in [0.2, 0.25) is 10.0 Å². The van der Waals surface area contributed by atoms with E-state index in [2.05, 4.69) is 10.0 Å². The summed E-state index contributed by atoms with van der Waals surface area (Å²) in [6, 6.07) is 3.97. The first-order chi connectivity index (χ1) is 9.42. The van der Waals surface area contributed by atoms with Gasteiger partial charge >= 0.3 is 0 Å². The van der Waals surface area contributed by atoms with Gasteiger partial charge in [0.05, 0.1) is 4.92 Å². The van der Waals surface area contributed by atoms with E-state index in [9.17, 15) is 18.5 Å². The fourth-order valence-corrected chi connectivity index (χ4v) is 3.21. The zero-order valence-electron chi connectivity index (χ0n) is 11.3. The van der Waals surface area contributed by atoms with Crippen LogP contribution in [0.2, 0.25) is 0 Å². The summed E-state index contributed by atoms with van der Waals surface area (Å²) in [5.74, 6) is 0.597. The van der Waals surface area contributed by atoms with Crippen LogP contribution in [0.3, 0.4) is 0 Å². The molecule has 1 aromatic carbocycles. The number of thioether (sulfide) groups is 1. The summed E-state index contributed by atoms with van der Waals surface area (Å²) in [6.07, 6.45) is 1.85. The van der Waals surface area contributed by atoms with Crippen LogP contribution in [-0.4, -0.2) is 38.4 Å². The molecule has 0 aliphatic rings. The molecule has 0 saturated heterocycles. The third kappa shape index (κ3) is 4.36. The molecular formula is C11H17N3O4S2. The van der Waals surface area contributed by atoms with Crippen molar-refractivity contribution in [1.29, 1.82) is 0 Å². The van der Waals surface area contributed by atoms with Gasteiger partial charge in [-0.25, -0.2) is 13.1 Å². The zero-order chi connectivity index (χ0) is 15.2. The number of rotatable bonds is 8.